The van der Waals surface area contributed by atoms with Crippen LogP contribution in [0.5, 0.6) is 0 Å². The minimum atomic E-state index is -0.0393. The zero-order valence-electron chi connectivity index (χ0n) is 14.8. The van der Waals surface area contributed by atoms with E-state index in [2.05, 4.69) is 46.6 Å². The van der Waals surface area contributed by atoms with Crippen LogP contribution in [0.3, 0.4) is 0 Å². The van der Waals surface area contributed by atoms with E-state index in [4.69, 9.17) is 0 Å². The number of hydrogen-bond acceptors (Lipinski definition) is 4. The predicted octanol–water partition coefficient (Wildman–Crippen LogP) is 3.48. The number of carbonyl (C=O) groups is 1. The lowest BCUT2D eigenvalue weighted by Crippen LogP contribution is -2.29. The number of carbonyl (C=O) groups excluding carboxylic acids is 1. The fourth-order valence-electron chi connectivity index (χ4n) is 2.58. The first-order chi connectivity index (χ1) is 11.6. The number of thiazole rings is 1. The van der Waals surface area contributed by atoms with E-state index in [1.54, 1.807) is 11.3 Å². The minimum absolute atomic E-state index is 0.0393. The van der Waals surface area contributed by atoms with Crippen molar-refractivity contribution in [2.24, 2.45) is 5.92 Å². The van der Waals surface area contributed by atoms with Crippen LogP contribution in [0.15, 0.2) is 35.7 Å². The average Bonchev–Trinajstić information content (AvgIpc) is 3.05. The molecule has 0 aliphatic carbocycles. The summed E-state index contributed by atoms with van der Waals surface area (Å²) in [6.45, 7) is 9.73. The van der Waals surface area contributed by atoms with Gasteiger partial charge in [0.25, 0.3) is 0 Å². The molecule has 0 bridgehead atoms. The molecule has 1 aromatic heterocycles. The summed E-state index contributed by atoms with van der Waals surface area (Å²) in [5, 5.41) is 6.07. The van der Waals surface area contributed by atoms with Crippen molar-refractivity contribution < 1.29 is 4.79 Å². The molecule has 2 rings (SSSR count). The summed E-state index contributed by atoms with van der Waals surface area (Å²) >= 11 is 1.62. The Balaban J connectivity index is 1.80. The van der Waals surface area contributed by atoms with Crippen LogP contribution in [0.4, 0.5) is 0 Å². The minimum Gasteiger partial charge on any atom is -0.349 e. The van der Waals surface area contributed by atoms with Crippen molar-refractivity contribution in [2.45, 2.75) is 40.3 Å². The first-order valence-corrected chi connectivity index (χ1v) is 9.47. The van der Waals surface area contributed by atoms with E-state index in [0.29, 0.717) is 6.54 Å². The van der Waals surface area contributed by atoms with Gasteiger partial charge in [0.15, 0.2) is 0 Å². The van der Waals surface area contributed by atoms with Gasteiger partial charge < -0.3 is 5.32 Å². The number of nitrogens with one attached hydrogen (secondary N) is 1. The van der Waals surface area contributed by atoms with E-state index >= 15 is 0 Å². The van der Waals surface area contributed by atoms with Gasteiger partial charge in [-0.1, -0.05) is 51.1 Å². The van der Waals surface area contributed by atoms with E-state index in [9.17, 15) is 4.79 Å². The Morgan fingerprint density at radius 1 is 1.25 bits per heavy atom. The highest BCUT2D eigenvalue weighted by Gasteiger charge is 2.14. The lowest BCUT2D eigenvalue weighted by molar-refractivity contribution is -0.124. The van der Waals surface area contributed by atoms with Gasteiger partial charge in [-0.3, -0.25) is 9.69 Å². The van der Waals surface area contributed by atoms with Crippen molar-refractivity contribution in [3.8, 4) is 0 Å². The monoisotopic (exact) mass is 345 g/mol. The smallest absolute Gasteiger partial charge is 0.223 e. The highest BCUT2D eigenvalue weighted by molar-refractivity contribution is 7.09. The summed E-state index contributed by atoms with van der Waals surface area (Å²) in [7, 11) is 0. The summed E-state index contributed by atoms with van der Waals surface area (Å²) in [5.74, 6) is 0.0434. The Labute approximate surface area is 148 Å². The second-order valence-electron chi connectivity index (χ2n) is 6.00. The topological polar surface area (TPSA) is 45.2 Å². The SMILES string of the molecule is CCN(CC)Cc1csc(CNC(=O)C(C)Cc2ccccc2)n1. The van der Waals surface area contributed by atoms with Crippen molar-refractivity contribution in [1.82, 2.24) is 15.2 Å². The Morgan fingerprint density at radius 2 is 1.96 bits per heavy atom. The third-order valence-electron chi connectivity index (χ3n) is 4.13. The molecule has 2 aromatic rings. The van der Waals surface area contributed by atoms with Gasteiger partial charge in [-0.25, -0.2) is 4.98 Å². The largest absolute Gasteiger partial charge is 0.349 e. The summed E-state index contributed by atoms with van der Waals surface area (Å²) in [6, 6.07) is 10.1. The molecule has 4 nitrogen and oxygen atoms in total. The standard InChI is InChI=1S/C19H27N3OS/c1-4-22(5-2)13-17-14-24-18(21-17)12-20-19(23)15(3)11-16-9-7-6-8-10-16/h6-10,14-15H,4-5,11-13H2,1-3H3,(H,20,23). The molecule has 130 valence electrons. The van der Waals surface area contributed by atoms with Crippen LogP contribution in [-0.2, 0) is 24.3 Å². The molecule has 1 aromatic carbocycles. The molecule has 0 saturated heterocycles. The molecule has 0 fully saturated rings. The molecule has 1 atom stereocenters. The van der Waals surface area contributed by atoms with Gasteiger partial charge in [0.05, 0.1) is 12.2 Å². The second kappa shape index (κ2) is 9.55. The zero-order valence-corrected chi connectivity index (χ0v) is 15.6. The van der Waals surface area contributed by atoms with Crippen LogP contribution >= 0.6 is 11.3 Å². The molecular weight excluding hydrogens is 318 g/mol. The Hall–Kier alpha value is -1.72. The van der Waals surface area contributed by atoms with Crippen LogP contribution in [-0.4, -0.2) is 28.9 Å². The Kier molecular flexibility index (Phi) is 7.40. The number of amides is 1. The van der Waals surface area contributed by atoms with E-state index in [1.807, 2.05) is 25.1 Å². The van der Waals surface area contributed by atoms with Gasteiger partial charge in [-0.05, 0) is 25.1 Å². The summed E-state index contributed by atoms with van der Waals surface area (Å²) in [4.78, 5) is 19.2. The van der Waals surface area contributed by atoms with E-state index < -0.39 is 0 Å². The molecule has 0 aliphatic heterocycles. The van der Waals surface area contributed by atoms with Gasteiger partial charge in [0.2, 0.25) is 5.91 Å². The van der Waals surface area contributed by atoms with Gasteiger partial charge in [0, 0.05) is 17.8 Å². The molecular formula is C19H27N3OS. The van der Waals surface area contributed by atoms with Crippen LogP contribution in [0.1, 0.15) is 37.0 Å². The first kappa shape index (κ1) is 18.6. The van der Waals surface area contributed by atoms with Crippen molar-refractivity contribution in [2.75, 3.05) is 13.1 Å². The summed E-state index contributed by atoms with van der Waals surface area (Å²) < 4.78 is 0. The van der Waals surface area contributed by atoms with Crippen LogP contribution in [0.25, 0.3) is 0 Å². The van der Waals surface area contributed by atoms with Gasteiger partial charge in [0.1, 0.15) is 5.01 Å². The van der Waals surface area contributed by atoms with Gasteiger partial charge in [-0.2, -0.15) is 0 Å². The number of rotatable bonds is 9. The third kappa shape index (κ3) is 5.73. The summed E-state index contributed by atoms with van der Waals surface area (Å²) in [5.41, 5.74) is 2.28. The normalized spacial score (nSPS) is 12.3. The molecule has 0 radical (unpaired) electrons. The number of hydrogen-bond donors (Lipinski definition) is 1. The van der Waals surface area contributed by atoms with E-state index in [1.165, 1.54) is 5.56 Å². The Bertz CT molecular complexity index is 623. The lowest BCUT2D eigenvalue weighted by Gasteiger charge is -2.15. The summed E-state index contributed by atoms with van der Waals surface area (Å²) in [6.07, 6.45) is 0.762. The van der Waals surface area contributed by atoms with Crippen LogP contribution in [0, 0.1) is 5.92 Å². The number of aromatic nitrogens is 1. The fourth-order valence-corrected chi connectivity index (χ4v) is 3.30. The molecule has 0 spiro atoms. The van der Waals surface area contributed by atoms with Crippen LogP contribution < -0.4 is 5.32 Å². The number of benzene rings is 1. The molecule has 5 heteroatoms. The maximum absolute atomic E-state index is 12.3. The maximum Gasteiger partial charge on any atom is 0.223 e. The quantitative estimate of drug-likeness (QED) is 0.757. The average molecular weight is 346 g/mol. The fraction of sp³-hybridized carbons (Fsp3) is 0.474. The highest BCUT2D eigenvalue weighted by atomic mass is 32.1. The molecule has 24 heavy (non-hydrogen) atoms. The van der Waals surface area contributed by atoms with Crippen LogP contribution in [0.2, 0.25) is 0 Å². The lowest BCUT2D eigenvalue weighted by atomic mass is 10.0. The second-order valence-corrected chi connectivity index (χ2v) is 6.95. The first-order valence-electron chi connectivity index (χ1n) is 8.59. The van der Waals surface area contributed by atoms with Crippen molar-refractivity contribution in [1.29, 1.82) is 0 Å². The predicted molar refractivity (Wildman–Crippen MR) is 99.9 cm³/mol. The van der Waals surface area contributed by atoms with Crippen molar-refractivity contribution >= 4 is 17.2 Å². The molecule has 0 aliphatic rings. The molecule has 1 heterocycles. The molecule has 1 unspecified atom stereocenters. The van der Waals surface area contributed by atoms with Crippen molar-refractivity contribution in [3.63, 3.8) is 0 Å². The third-order valence-corrected chi connectivity index (χ3v) is 5.02. The van der Waals surface area contributed by atoms with Gasteiger partial charge in [-0.15, -0.1) is 11.3 Å². The van der Waals surface area contributed by atoms with Gasteiger partial charge >= 0.3 is 0 Å². The molecule has 1 N–H and O–H groups in total. The van der Waals surface area contributed by atoms with E-state index in [-0.39, 0.29) is 11.8 Å². The van der Waals surface area contributed by atoms with E-state index in [0.717, 1.165) is 36.8 Å². The molecule has 0 saturated carbocycles. The zero-order chi connectivity index (χ0) is 17.4. The Morgan fingerprint density at radius 3 is 2.62 bits per heavy atom. The molecule has 1 amide bonds. The number of nitrogens with zero attached hydrogens (tertiary/aromatic N) is 2. The van der Waals surface area contributed by atoms with Crippen molar-refractivity contribution in [3.05, 3.63) is 52.0 Å². The maximum atomic E-state index is 12.3. The highest BCUT2D eigenvalue weighted by Crippen LogP contribution is 2.13.